The maximum atomic E-state index is 13.1. The highest BCUT2D eigenvalue weighted by atomic mass is 35.5. The Hall–Kier alpha value is -2.30. The summed E-state index contributed by atoms with van der Waals surface area (Å²) >= 11 is 6.20. The van der Waals surface area contributed by atoms with Gasteiger partial charge in [0.2, 0.25) is 0 Å². The van der Waals surface area contributed by atoms with Gasteiger partial charge in [-0.15, -0.1) is 0 Å². The summed E-state index contributed by atoms with van der Waals surface area (Å²) in [6.07, 6.45) is 3.81. The fourth-order valence-electron chi connectivity index (χ4n) is 3.99. The zero-order chi connectivity index (χ0) is 19.5. The van der Waals surface area contributed by atoms with Crippen molar-refractivity contribution in [1.82, 2.24) is 0 Å². The lowest BCUT2D eigenvalue weighted by Gasteiger charge is -2.37. The van der Waals surface area contributed by atoms with Crippen molar-refractivity contribution in [2.24, 2.45) is 5.92 Å². The highest BCUT2D eigenvalue weighted by Crippen LogP contribution is 2.39. The van der Waals surface area contributed by atoms with Gasteiger partial charge in [0, 0.05) is 17.0 Å². The van der Waals surface area contributed by atoms with Crippen LogP contribution in [0.25, 0.3) is 5.57 Å². The number of hydrogen-bond acceptors (Lipinski definition) is 4. The standard InChI is InChI=1S/C23H23ClO4/c1-26-21-9-5-3-7-17(21)19-14-28-22-12-16(10-11-18(22)23(19)25)27-13-15-6-2-4-8-20(15)24/h2-9,14,16,18,22H,10-13H2,1H3. The molecule has 0 aromatic heterocycles. The number of hydrogen-bond donors (Lipinski definition) is 0. The Labute approximate surface area is 170 Å². The van der Waals surface area contributed by atoms with Crippen LogP contribution in [0.4, 0.5) is 0 Å². The highest BCUT2D eigenvalue weighted by Gasteiger charge is 2.41. The van der Waals surface area contributed by atoms with E-state index in [0.29, 0.717) is 29.4 Å². The average molecular weight is 399 g/mol. The summed E-state index contributed by atoms with van der Waals surface area (Å²) in [6.45, 7) is 0.470. The molecule has 28 heavy (non-hydrogen) atoms. The van der Waals surface area contributed by atoms with Gasteiger partial charge < -0.3 is 14.2 Å². The highest BCUT2D eigenvalue weighted by molar-refractivity contribution is 6.31. The number of carbonyl (C=O) groups is 1. The summed E-state index contributed by atoms with van der Waals surface area (Å²) < 4.78 is 17.5. The summed E-state index contributed by atoms with van der Waals surface area (Å²) in [7, 11) is 1.61. The Bertz CT molecular complexity index is 892. The van der Waals surface area contributed by atoms with Crippen LogP contribution in [-0.2, 0) is 20.9 Å². The van der Waals surface area contributed by atoms with Gasteiger partial charge in [0.1, 0.15) is 11.9 Å². The third kappa shape index (κ3) is 3.80. The third-order valence-corrected chi connectivity index (χ3v) is 5.90. The number of fused-ring (bicyclic) bond motifs is 1. The zero-order valence-electron chi connectivity index (χ0n) is 15.8. The predicted octanol–water partition coefficient (Wildman–Crippen LogP) is 5.04. The van der Waals surface area contributed by atoms with Crippen molar-refractivity contribution in [2.75, 3.05) is 7.11 Å². The van der Waals surface area contributed by atoms with Crippen molar-refractivity contribution >= 4 is 23.0 Å². The first-order valence-corrected chi connectivity index (χ1v) is 9.93. The summed E-state index contributed by atoms with van der Waals surface area (Å²) in [4.78, 5) is 13.1. The number of ketones is 1. The van der Waals surface area contributed by atoms with Gasteiger partial charge in [-0.1, -0.05) is 48.0 Å². The molecule has 2 aromatic rings. The normalized spacial score (nSPS) is 24.1. The average Bonchev–Trinajstić information content (AvgIpc) is 2.73. The van der Waals surface area contributed by atoms with Crippen LogP contribution in [-0.4, -0.2) is 25.1 Å². The molecule has 0 amide bonds. The molecule has 2 aliphatic rings. The third-order valence-electron chi connectivity index (χ3n) is 5.54. The fraction of sp³-hybridized carbons (Fsp3) is 0.348. The molecule has 2 aromatic carbocycles. The Morgan fingerprint density at radius 2 is 1.89 bits per heavy atom. The molecule has 5 heteroatoms. The first-order chi connectivity index (χ1) is 13.7. The Morgan fingerprint density at radius 3 is 2.71 bits per heavy atom. The Balaban J connectivity index is 1.43. The van der Waals surface area contributed by atoms with Gasteiger partial charge in [-0.25, -0.2) is 0 Å². The maximum absolute atomic E-state index is 13.1. The molecule has 1 saturated carbocycles. The van der Waals surface area contributed by atoms with Crippen molar-refractivity contribution in [3.8, 4) is 5.75 Å². The van der Waals surface area contributed by atoms with E-state index in [2.05, 4.69) is 0 Å². The topological polar surface area (TPSA) is 44.8 Å². The van der Waals surface area contributed by atoms with E-state index in [9.17, 15) is 4.79 Å². The molecular formula is C23H23ClO4. The molecule has 1 heterocycles. The van der Waals surface area contributed by atoms with Gasteiger partial charge >= 0.3 is 0 Å². The van der Waals surface area contributed by atoms with Crippen molar-refractivity contribution in [3.05, 3.63) is 70.9 Å². The van der Waals surface area contributed by atoms with Crippen LogP contribution >= 0.6 is 11.6 Å². The lowest BCUT2D eigenvalue weighted by molar-refractivity contribution is -0.128. The first-order valence-electron chi connectivity index (χ1n) is 9.55. The molecular weight excluding hydrogens is 376 g/mol. The smallest absolute Gasteiger partial charge is 0.173 e. The number of Topliss-reactive ketones (excluding diaryl/α,β-unsaturated/α-hetero) is 1. The molecule has 4 nitrogen and oxygen atoms in total. The molecule has 1 aliphatic heterocycles. The minimum Gasteiger partial charge on any atom is -0.496 e. The molecule has 3 unspecified atom stereocenters. The van der Waals surface area contributed by atoms with E-state index in [-0.39, 0.29) is 23.9 Å². The van der Waals surface area contributed by atoms with Gasteiger partial charge in [-0.3, -0.25) is 4.79 Å². The van der Waals surface area contributed by atoms with E-state index in [1.807, 2.05) is 48.5 Å². The van der Waals surface area contributed by atoms with E-state index in [1.54, 1.807) is 13.4 Å². The number of carbonyl (C=O) groups excluding carboxylic acids is 1. The molecule has 0 radical (unpaired) electrons. The van der Waals surface area contributed by atoms with Crippen LogP contribution < -0.4 is 4.74 Å². The predicted molar refractivity (Wildman–Crippen MR) is 108 cm³/mol. The van der Waals surface area contributed by atoms with E-state index in [4.69, 9.17) is 25.8 Å². The molecule has 1 aliphatic carbocycles. The largest absolute Gasteiger partial charge is 0.496 e. The van der Waals surface area contributed by atoms with Crippen molar-refractivity contribution in [2.45, 2.75) is 38.1 Å². The number of para-hydroxylation sites is 1. The van der Waals surface area contributed by atoms with Crippen LogP contribution in [0.3, 0.4) is 0 Å². The molecule has 1 fully saturated rings. The van der Waals surface area contributed by atoms with Gasteiger partial charge in [-0.05, 0) is 30.5 Å². The van der Waals surface area contributed by atoms with Gasteiger partial charge in [0.25, 0.3) is 0 Å². The van der Waals surface area contributed by atoms with E-state index >= 15 is 0 Å². The summed E-state index contributed by atoms with van der Waals surface area (Å²) in [5.41, 5.74) is 2.35. The monoisotopic (exact) mass is 398 g/mol. The number of ether oxygens (including phenoxy) is 3. The molecule has 0 bridgehead atoms. The number of allylic oxidation sites excluding steroid dienone is 1. The lowest BCUT2D eigenvalue weighted by atomic mass is 9.77. The minimum atomic E-state index is -0.143. The van der Waals surface area contributed by atoms with Gasteiger partial charge in [-0.2, -0.15) is 0 Å². The van der Waals surface area contributed by atoms with Crippen LogP contribution in [0.5, 0.6) is 5.75 Å². The Kier molecular flexibility index (Phi) is 5.69. The van der Waals surface area contributed by atoms with E-state index in [1.165, 1.54) is 0 Å². The quantitative estimate of drug-likeness (QED) is 0.707. The van der Waals surface area contributed by atoms with Crippen molar-refractivity contribution in [3.63, 3.8) is 0 Å². The first kappa shape index (κ1) is 19.0. The van der Waals surface area contributed by atoms with Crippen molar-refractivity contribution < 1.29 is 19.0 Å². The number of rotatable bonds is 5. The Morgan fingerprint density at radius 1 is 1.11 bits per heavy atom. The second-order valence-electron chi connectivity index (χ2n) is 7.21. The van der Waals surface area contributed by atoms with E-state index in [0.717, 1.165) is 24.0 Å². The molecule has 0 saturated heterocycles. The second-order valence-corrected chi connectivity index (χ2v) is 7.62. The summed E-state index contributed by atoms with van der Waals surface area (Å²) in [6, 6.07) is 15.2. The lowest BCUT2D eigenvalue weighted by Crippen LogP contribution is -2.41. The maximum Gasteiger partial charge on any atom is 0.173 e. The second kappa shape index (κ2) is 8.38. The number of halogens is 1. The molecule has 0 N–H and O–H groups in total. The number of benzene rings is 2. The minimum absolute atomic E-state index is 0.0616. The fourth-order valence-corrected chi connectivity index (χ4v) is 4.18. The van der Waals surface area contributed by atoms with Gasteiger partial charge in [0.15, 0.2) is 5.78 Å². The van der Waals surface area contributed by atoms with Gasteiger partial charge in [0.05, 0.1) is 37.6 Å². The van der Waals surface area contributed by atoms with Crippen molar-refractivity contribution in [1.29, 1.82) is 0 Å². The zero-order valence-corrected chi connectivity index (χ0v) is 16.5. The summed E-state index contributed by atoms with van der Waals surface area (Å²) in [5.74, 6) is 0.677. The molecule has 4 rings (SSSR count). The molecule has 0 spiro atoms. The SMILES string of the molecule is COc1ccccc1C1=COC2CC(OCc3ccccc3Cl)CCC2C1=O. The number of methoxy groups -OCH3 is 1. The molecule has 3 atom stereocenters. The molecule has 146 valence electrons. The van der Waals surface area contributed by atoms with Crippen LogP contribution in [0.1, 0.15) is 30.4 Å². The van der Waals surface area contributed by atoms with Crippen LogP contribution in [0.2, 0.25) is 5.02 Å². The summed E-state index contributed by atoms with van der Waals surface area (Å²) in [5, 5.41) is 0.713. The van der Waals surface area contributed by atoms with Crippen LogP contribution in [0, 0.1) is 5.92 Å². The van der Waals surface area contributed by atoms with E-state index < -0.39 is 0 Å². The van der Waals surface area contributed by atoms with Crippen LogP contribution in [0.15, 0.2) is 54.8 Å².